The van der Waals surface area contributed by atoms with Crippen LogP contribution in [-0.2, 0) is 14.8 Å². The van der Waals surface area contributed by atoms with Crippen LogP contribution in [0.2, 0.25) is 0 Å². The maximum Gasteiger partial charge on any atom is 0.225 e. The predicted molar refractivity (Wildman–Crippen MR) is 87.1 cm³/mol. The molecule has 23 heavy (non-hydrogen) atoms. The van der Waals surface area contributed by atoms with Crippen LogP contribution >= 0.6 is 0 Å². The minimum atomic E-state index is -3.21. The lowest BCUT2D eigenvalue weighted by Crippen LogP contribution is -2.47. The van der Waals surface area contributed by atoms with E-state index in [0.29, 0.717) is 18.8 Å². The first-order valence-corrected chi connectivity index (χ1v) is 9.46. The molecule has 1 aromatic carbocycles. The summed E-state index contributed by atoms with van der Waals surface area (Å²) in [5.41, 5.74) is 0.435. The molecule has 0 bridgehead atoms. The van der Waals surface area contributed by atoms with Gasteiger partial charge in [-0.3, -0.25) is 4.79 Å². The van der Waals surface area contributed by atoms with Gasteiger partial charge >= 0.3 is 0 Å². The van der Waals surface area contributed by atoms with Crippen molar-refractivity contribution >= 4 is 21.6 Å². The van der Waals surface area contributed by atoms with Gasteiger partial charge in [-0.2, -0.15) is 0 Å². The summed E-state index contributed by atoms with van der Waals surface area (Å²) in [5.74, 6) is -0.581. The van der Waals surface area contributed by atoms with E-state index in [2.05, 4.69) is 14.9 Å². The Morgan fingerprint density at radius 2 is 2.22 bits per heavy atom. The second kappa shape index (κ2) is 7.85. The number of nitrogens with one attached hydrogen (secondary N) is 2. The van der Waals surface area contributed by atoms with E-state index in [-0.39, 0.29) is 18.4 Å². The van der Waals surface area contributed by atoms with Gasteiger partial charge in [0.2, 0.25) is 15.9 Å². The number of benzene rings is 1. The van der Waals surface area contributed by atoms with Crippen molar-refractivity contribution in [1.29, 1.82) is 0 Å². The first kappa shape index (κ1) is 17.8. The molecule has 0 aromatic heterocycles. The molecule has 1 unspecified atom stereocenters. The molecule has 1 aromatic rings. The van der Waals surface area contributed by atoms with Crippen LogP contribution in [-0.4, -0.2) is 51.2 Å². The number of anilines is 1. The highest BCUT2D eigenvalue weighted by atomic mass is 32.2. The molecule has 0 spiro atoms. The fraction of sp³-hybridized carbons (Fsp3) is 0.533. The fourth-order valence-corrected chi connectivity index (χ4v) is 3.50. The highest BCUT2D eigenvalue weighted by Gasteiger charge is 2.22. The minimum Gasteiger partial charge on any atom is -0.326 e. The topological polar surface area (TPSA) is 78.5 Å². The fourth-order valence-electron chi connectivity index (χ4n) is 2.71. The lowest BCUT2D eigenvalue weighted by Gasteiger charge is -2.32. The summed E-state index contributed by atoms with van der Waals surface area (Å²) in [6.07, 6.45) is 3.12. The van der Waals surface area contributed by atoms with Crippen LogP contribution < -0.4 is 10.0 Å². The Morgan fingerprint density at radius 3 is 2.91 bits per heavy atom. The third kappa shape index (κ3) is 6.64. The predicted octanol–water partition coefficient (Wildman–Crippen LogP) is 1.17. The van der Waals surface area contributed by atoms with Gasteiger partial charge in [-0.15, -0.1) is 0 Å². The molecular weight excluding hydrogens is 321 g/mol. The van der Waals surface area contributed by atoms with Crippen molar-refractivity contribution in [2.75, 3.05) is 31.2 Å². The zero-order valence-corrected chi connectivity index (χ0v) is 13.9. The normalized spacial score (nSPS) is 19.5. The minimum absolute atomic E-state index is 0.106. The number of hydrogen-bond acceptors (Lipinski definition) is 4. The Hall–Kier alpha value is -1.51. The average Bonchev–Trinajstić information content (AvgIpc) is 2.44. The van der Waals surface area contributed by atoms with E-state index in [1.165, 1.54) is 18.2 Å². The second-order valence-corrected chi connectivity index (χ2v) is 7.62. The molecule has 1 aliphatic heterocycles. The van der Waals surface area contributed by atoms with Gasteiger partial charge in [0.25, 0.3) is 0 Å². The Balaban J connectivity index is 1.77. The van der Waals surface area contributed by atoms with Gasteiger partial charge in [0, 0.05) is 31.2 Å². The lowest BCUT2D eigenvalue weighted by molar-refractivity contribution is -0.116. The lowest BCUT2D eigenvalue weighted by atomic mass is 10.1. The molecule has 0 saturated carbocycles. The Kier molecular flexibility index (Phi) is 6.09. The number of piperidine rings is 1. The summed E-state index contributed by atoms with van der Waals surface area (Å²) in [5, 5.41) is 2.65. The number of hydrogen-bond donors (Lipinski definition) is 2. The summed E-state index contributed by atoms with van der Waals surface area (Å²) >= 11 is 0. The molecule has 1 heterocycles. The zero-order valence-electron chi connectivity index (χ0n) is 13.1. The molecule has 0 aliphatic carbocycles. The molecule has 2 N–H and O–H groups in total. The Bertz CT molecular complexity index is 651. The van der Waals surface area contributed by atoms with Crippen molar-refractivity contribution in [3.63, 3.8) is 0 Å². The number of carbonyl (C=O) groups is 1. The van der Waals surface area contributed by atoms with Gasteiger partial charge in [0.15, 0.2) is 0 Å². The summed E-state index contributed by atoms with van der Waals surface area (Å²) < 4.78 is 38.2. The molecule has 1 amide bonds. The molecule has 1 saturated heterocycles. The first-order valence-electron chi connectivity index (χ1n) is 7.57. The number of sulfonamides is 1. The van der Waals surface area contributed by atoms with E-state index >= 15 is 0 Å². The van der Waals surface area contributed by atoms with Crippen LogP contribution in [0.5, 0.6) is 0 Å². The van der Waals surface area contributed by atoms with Gasteiger partial charge in [0.05, 0.1) is 6.26 Å². The highest BCUT2D eigenvalue weighted by Crippen LogP contribution is 2.12. The number of halogens is 1. The molecule has 8 heteroatoms. The second-order valence-electron chi connectivity index (χ2n) is 5.84. The van der Waals surface area contributed by atoms with E-state index in [4.69, 9.17) is 0 Å². The number of likely N-dealkylation sites (tertiary alicyclic amines) is 1. The zero-order chi connectivity index (χ0) is 16.9. The SMILES string of the molecule is CS(=O)(=O)NC1CCCN(CCC(=O)Nc2cccc(F)c2)C1. The molecule has 2 rings (SSSR count). The van der Waals surface area contributed by atoms with E-state index in [0.717, 1.165) is 25.6 Å². The third-order valence-electron chi connectivity index (χ3n) is 3.65. The van der Waals surface area contributed by atoms with Gasteiger partial charge in [-0.25, -0.2) is 17.5 Å². The number of rotatable bonds is 6. The summed E-state index contributed by atoms with van der Waals surface area (Å²) in [6.45, 7) is 1.98. The summed E-state index contributed by atoms with van der Waals surface area (Å²) in [7, 11) is -3.21. The average molecular weight is 343 g/mol. The quantitative estimate of drug-likeness (QED) is 0.813. The van der Waals surface area contributed by atoms with Crippen molar-refractivity contribution in [1.82, 2.24) is 9.62 Å². The largest absolute Gasteiger partial charge is 0.326 e. The molecule has 1 fully saturated rings. The van der Waals surface area contributed by atoms with Crippen LogP contribution in [0.25, 0.3) is 0 Å². The number of carbonyl (C=O) groups excluding carboxylic acids is 1. The molecule has 128 valence electrons. The maximum atomic E-state index is 13.1. The van der Waals surface area contributed by atoms with E-state index in [1.807, 2.05) is 0 Å². The maximum absolute atomic E-state index is 13.1. The van der Waals surface area contributed by atoms with Crippen molar-refractivity contribution in [2.24, 2.45) is 0 Å². The Labute approximate surface area is 136 Å². The van der Waals surface area contributed by atoms with Gasteiger partial charge in [-0.05, 0) is 37.6 Å². The van der Waals surface area contributed by atoms with Gasteiger partial charge in [-0.1, -0.05) is 6.07 Å². The van der Waals surface area contributed by atoms with E-state index in [1.54, 1.807) is 6.07 Å². The summed E-state index contributed by atoms with van der Waals surface area (Å²) in [4.78, 5) is 14.0. The van der Waals surface area contributed by atoms with Crippen molar-refractivity contribution in [3.8, 4) is 0 Å². The standard InChI is InChI=1S/C15H22FN3O3S/c1-23(21,22)18-14-6-3-8-19(11-14)9-7-15(20)17-13-5-2-4-12(16)10-13/h2,4-5,10,14,18H,3,6-9,11H2,1H3,(H,17,20). The molecule has 1 aliphatic rings. The van der Waals surface area contributed by atoms with E-state index in [9.17, 15) is 17.6 Å². The third-order valence-corrected chi connectivity index (χ3v) is 4.41. The van der Waals surface area contributed by atoms with Crippen molar-refractivity contribution in [3.05, 3.63) is 30.1 Å². The van der Waals surface area contributed by atoms with E-state index < -0.39 is 15.8 Å². The molecule has 6 nitrogen and oxygen atoms in total. The van der Waals surface area contributed by atoms with Crippen LogP contribution in [0.3, 0.4) is 0 Å². The molecule has 0 radical (unpaired) electrons. The van der Waals surface area contributed by atoms with Crippen LogP contribution in [0.15, 0.2) is 24.3 Å². The van der Waals surface area contributed by atoms with Gasteiger partial charge < -0.3 is 10.2 Å². The highest BCUT2D eigenvalue weighted by molar-refractivity contribution is 7.88. The molecule has 1 atom stereocenters. The molecular formula is C15H22FN3O3S. The summed E-state index contributed by atoms with van der Waals surface area (Å²) in [6, 6.07) is 5.65. The van der Waals surface area contributed by atoms with Crippen LogP contribution in [0.1, 0.15) is 19.3 Å². The monoisotopic (exact) mass is 343 g/mol. The van der Waals surface area contributed by atoms with Gasteiger partial charge in [0.1, 0.15) is 5.82 Å². The number of nitrogens with zero attached hydrogens (tertiary/aromatic N) is 1. The number of amides is 1. The Morgan fingerprint density at radius 1 is 1.43 bits per heavy atom. The smallest absolute Gasteiger partial charge is 0.225 e. The van der Waals surface area contributed by atoms with Crippen molar-refractivity contribution < 1.29 is 17.6 Å². The first-order chi connectivity index (χ1) is 10.8. The van der Waals surface area contributed by atoms with Crippen LogP contribution in [0.4, 0.5) is 10.1 Å². The van der Waals surface area contributed by atoms with Crippen LogP contribution in [0, 0.1) is 5.82 Å². The van der Waals surface area contributed by atoms with Crippen molar-refractivity contribution in [2.45, 2.75) is 25.3 Å².